The zero-order valence-electron chi connectivity index (χ0n) is 17.5. The summed E-state index contributed by atoms with van der Waals surface area (Å²) in [5, 5.41) is 3.18. The Balaban J connectivity index is 1.66. The molecule has 8 heteroatoms. The van der Waals surface area contributed by atoms with Crippen LogP contribution in [-0.4, -0.2) is 93.1 Å². The number of amides is 1. The van der Waals surface area contributed by atoms with Crippen molar-refractivity contribution < 1.29 is 13.2 Å². The Kier molecular flexibility index (Phi) is 8.06. The SMILES string of the molecule is Cc1cccc(C(=O)N(CCN2CCCCC2)CCS(=O)(=O)N2CCNCC2)c1. The Labute approximate surface area is 175 Å². The first-order valence-electron chi connectivity index (χ1n) is 10.7. The number of piperazine rings is 1. The molecule has 0 saturated carbocycles. The standard InChI is InChI=1S/C21H34N4O3S/c1-19-6-5-7-20(18-19)21(26)24(15-14-23-10-3-2-4-11-23)16-17-29(27,28)25-12-8-22-9-13-25/h5-7,18,22H,2-4,8-17H2,1H3. The Morgan fingerprint density at radius 3 is 2.48 bits per heavy atom. The molecule has 0 radical (unpaired) electrons. The number of nitrogens with one attached hydrogen (secondary N) is 1. The third-order valence-corrected chi connectivity index (χ3v) is 7.63. The van der Waals surface area contributed by atoms with Crippen LogP contribution in [-0.2, 0) is 10.0 Å². The summed E-state index contributed by atoms with van der Waals surface area (Å²) < 4.78 is 27.1. The molecule has 0 bridgehead atoms. The summed E-state index contributed by atoms with van der Waals surface area (Å²) in [6.07, 6.45) is 3.66. The number of carbonyl (C=O) groups is 1. The van der Waals surface area contributed by atoms with E-state index >= 15 is 0 Å². The summed E-state index contributed by atoms with van der Waals surface area (Å²) >= 11 is 0. The van der Waals surface area contributed by atoms with Crippen molar-refractivity contribution in [1.82, 2.24) is 19.4 Å². The van der Waals surface area contributed by atoms with Crippen LogP contribution in [0.2, 0.25) is 0 Å². The van der Waals surface area contributed by atoms with Crippen molar-refractivity contribution in [3.63, 3.8) is 0 Å². The first-order chi connectivity index (χ1) is 14.0. The summed E-state index contributed by atoms with van der Waals surface area (Å²) in [7, 11) is -3.36. The highest BCUT2D eigenvalue weighted by molar-refractivity contribution is 7.89. The molecule has 2 fully saturated rings. The number of sulfonamides is 1. The molecule has 2 saturated heterocycles. The van der Waals surface area contributed by atoms with E-state index in [9.17, 15) is 13.2 Å². The monoisotopic (exact) mass is 422 g/mol. The number of carbonyl (C=O) groups excluding carboxylic acids is 1. The van der Waals surface area contributed by atoms with Gasteiger partial charge in [-0.25, -0.2) is 8.42 Å². The number of rotatable bonds is 8. The lowest BCUT2D eigenvalue weighted by Crippen LogP contribution is -2.49. The topological polar surface area (TPSA) is 73.0 Å². The zero-order valence-corrected chi connectivity index (χ0v) is 18.3. The molecule has 7 nitrogen and oxygen atoms in total. The fourth-order valence-electron chi connectivity index (χ4n) is 4.00. The molecule has 3 rings (SSSR count). The maximum absolute atomic E-state index is 13.2. The summed E-state index contributed by atoms with van der Waals surface area (Å²) in [6, 6.07) is 7.53. The van der Waals surface area contributed by atoms with Gasteiger partial charge in [-0.15, -0.1) is 0 Å². The van der Waals surface area contributed by atoms with E-state index in [0.29, 0.717) is 38.3 Å². The van der Waals surface area contributed by atoms with Crippen LogP contribution in [0.15, 0.2) is 24.3 Å². The third kappa shape index (κ3) is 6.50. The highest BCUT2D eigenvalue weighted by Crippen LogP contribution is 2.12. The number of nitrogens with zero attached hydrogens (tertiary/aromatic N) is 3. The van der Waals surface area contributed by atoms with Gasteiger partial charge in [0.05, 0.1) is 5.75 Å². The highest BCUT2D eigenvalue weighted by atomic mass is 32.2. The molecule has 29 heavy (non-hydrogen) atoms. The average molecular weight is 423 g/mol. The average Bonchev–Trinajstić information content (AvgIpc) is 2.75. The molecule has 2 aliphatic rings. The highest BCUT2D eigenvalue weighted by Gasteiger charge is 2.26. The van der Waals surface area contributed by atoms with Crippen LogP contribution in [0.1, 0.15) is 35.2 Å². The molecule has 0 aliphatic carbocycles. The van der Waals surface area contributed by atoms with Gasteiger partial charge in [0.2, 0.25) is 10.0 Å². The summed E-state index contributed by atoms with van der Waals surface area (Å²) in [4.78, 5) is 17.3. The van der Waals surface area contributed by atoms with E-state index in [4.69, 9.17) is 0 Å². The number of hydrogen-bond acceptors (Lipinski definition) is 5. The van der Waals surface area contributed by atoms with E-state index in [0.717, 1.165) is 25.2 Å². The quantitative estimate of drug-likeness (QED) is 0.681. The minimum atomic E-state index is -3.36. The first-order valence-corrected chi connectivity index (χ1v) is 12.3. The lowest BCUT2D eigenvalue weighted by molar-refractivity contribution is 0.0739. The van der Waals surface area contributed by atoms with E-state index in [-0.39, 0.29) is 18.2 Å². The van der Waals surface area contributed by atoms with Gasteiger partial charge in [-0.05, 0) is 45.0 Å². The van der Waals surface area contributed by atoms with Crippen LogP contribution < -0.4 is 5.32 Å². The molecule has 1 aromatic rings. The van der Waals surface area contributed by atoms with Crippen LogP contribution >= 0.6 is 0 Å². The molecule has 0 atom stereocenters. The third-order valence-electron chi connectivity index (χ3n) is 5.78. The van der Waals surface area contributed by atoms with E-state index in [1.54, 1.807) is 9.21 Å². The lowest BCUT2D eigenvalue weighted by Gasteiger charge is -2.31. The number of benzene rings is 1. The van der Waals surface area contributed by atoms with E-state index in [2.05, 4.69) is 10.2 Å². The van der Waals surface area contributed by atoms with Gasteiger partial charge >= 0.3 is 0 Å². The van der Waals surface area contributed by atoms with Gasteiger partial charge in [0.15, 0.2) is 0 Å². The van der Waals surface area contributed by atoms with Crippen LogP contribution in [0.5, 0.6) is 0 Å². The maximum atomic E-state index is 13.2. The normalized spacial score (nSPS) is 19.2. The summed E-state index contributed by atoms with van der Waals surface area (Å²) in [5.41, 5.74) is 1.66. The smallest absolute Gasteiger partial charge is 0.253 e. The molecule has 0 aromatic heterocycles. The van der Waals surface area contributed by atoms with Gasteiger partial charge < -0.3 is 15.1 Å². The Morgan fingerprint density at radius 1 is 1.07 bits per heavy atom. The molecule has 1 aromatic carbocycles. The Bertz CT molecular complexity index is 772. The largest absolute Gasteiger partial charge is 0.336 e. The Morgan fingerprint density at radius 2 is 1.79 bits per heavy atom. The van der Waals surface area contributed by atoms with Crippen molar-refractivity contribution in [3.05, 3.63) is 35.4 Å². The molecule has 162 valence electrons. The van der Waals surface area contributed by atoms with Crippen molar-refractivity contribution >= 4 is 15.9 Å². The van der Waals surface area contributed by atoms with Crippen molar-refractivity contribution in [2.45, 2.75) is 26.2 Å². The fourth-order valence-corrected chi connectivity index (χ4v) is 5.45. The van der Waals surface area contributed by atoms with Gasteiger partial charge in [-0.1, -0.05) is 24.1 Å². The molecular formula is C21H34N4O3S. The second kappa shape index (κ2) is 10.5. The Hall–Kier alpha value is -1.48. The van der Waals surface area contributed by atoms with Gasteiger partial charge in [-0.2, -0.15) is 4.31 Å². The molecule has 1 N–H and O–H groups in total. The van der Waals surface area contributed by atoms with Gasteiger partial charge in [-0.3, -0.25) is 4.79 Å². The van der Waals surface area contributed by atoms with Crippen molar-refractivity contribution in [1.29, 1.82) is 0 Å². The van der Waals surface area contributed by atoms with Crippen LogP contribution in [0.25, 0.3) is 0 Å². The lowest BCUT2D eigenvalue weighted by atomic mass is 10.1. The second-order valence-electron chi connectivity index (χ2n) is 8.03. The number of hydrogen-bond donors (Lipinski definition) is 1. The predicted octanol–water partition coefficient (Wildman–Crippen LogP) is 1.16. The van der Waals surface area contributed by atoms with Gasteiger partial charge in [0, 0.05) is 51.4 Å². The van der Waals surface area contributed by atoms with Crippen molar-refractivity contribution in [2.75, 3.05) is 64.7 Å². The summed E-state index contributed by atoms with van der Waals surface area (Å²) in [5.74, 6) is -0.105. The maximum Gasteiger partial charge on any atom is 0.253 e. The second-order valence-corrected chi connectivity index (χ2v) is 10.1. The molecule has 2 aliphatic heterocycles. The van der Waals surface area contributed by atoms with Gasteiger partial charge in [0.25, 0.3) is 5.91 Å². The molecule has 0 spiro atoms. The van der Waals surface area contributed by atoms with E-state index in [1.165, 1.54) is 19.3 Å². The molecule has 1 amide bonds. The summed E-state index contributed by atoms with van der Waals surface area (Å²) in [6.45, 7) is 8.03. The minimum absolute atomic E-state index is 0.0233. The predicted molar refractivity (Wildman–Crippen MR) is 116 cm³/mol. The molecule has 0 unspecified atom stereocenters. The zero-order chi connectivity index (χ0) is 20.7. The molecular weight excluding hydrogens is 388 g/mol. The first kappa shape index (κ1) is 22.2. The van der Waals surface area contributed by atoms with E-state index < -0.39 is 10.0 Å². The van der Waals surface area contributed by atoms with Crippen LogP contribution in [0.3, 0.4) is 0 Å². The number of piperidine rings is 1. The van der Waals surface area contributed by atoms with Crippen molar-refractivity contribution in [2.24, 2.45) is 0 Å². The minimum Gasteiger partial charge on any atom is -0.336 e. The fraction of sp³-hybridized carbons (Fsp3) is 0.667. The number of likely N-dealkylation sites (tertiary alicyclic amines) is 1. The molecule has 2 heterocycles. The van der Waals surface area contributed by atoms with Crippen molar-refractivity contribution in [3.8, 4) is 0 Å². The van der Waals surface area contributed by atoms with Gasteiger partial charge in [0.1, 0.15) is 0 Å². The van der Waals surface area contributed by atoms with Crippen LogP contribution in [0, 0.1) is 6.92 Å². The van der Waals surface area contributed by atoms with Crippen LogP contribution in [0.4, 0.5) is 0 Å². The van der Waals surface area contributed by atoms with E-state index in [1.807, 2.05) is 31.2 Å². The number of aryl methyl sites for hydroxylation is 1.